The van der Waals surface area contributed by atoms with Crippen LogP contribution in [0.1, 0.15) is 24.4 Å². The highest BCUT2D eigenvalue weighted by atomic mass is 35.5. The van der Waals surface area contributed by atoms with E-state index in [1.807, 2.05) is 12.1 Å². The van der Waals surface area contributed by atoms with Crippen LogP contribution in [0.5, 0.6) is 0 Å². The summed E-state index contributed by atoms with van der Waals surface area (Å²) >= 11 is 6.23. The lowest BCUT2D eigenvalue weighted by atomic mass is 9.85. The van der Waals surface area contributed by atoms with Crippen molar-refractivity contribution in [3.63, 3.8) is 0 Å². The van der Waals surface area contributed by atoms with E-state index in [9.17, 15) is 0 Å². The molecule has 0 saturated carbocycles. The molecular weight excluding hydrogens is 286 g/mol. The lowest BCUT2D eigenvalue weighted by Gasteiger charge is -2.41. The largest absolute Gasteiger partial charge is 0.398 e. The van der Waals surface area contributed by atoms with E-state index < -0.39 is 0 Å². The SMILES string of the molecule is Nc1ccc(Cl)cc1[C@H](C1CCOCC1)N1CCNCC1. The molecule has 0 bridgehead atoms. The lowest BCUT2D eigenvalue weighted by Crippen LogP contribution is -2.47. The molecule has 3 N–H and O–H groups in total. The minimum atomic E-state index is 0.356. The van der Waals surface area contributed by atoms with Gasteiger partial charge in [-0.1, -0.05) is 11.6 Å². The Morgan fingerprint density at radius 2 is 1.95 bits per heavy atom. The Kier molecular flexibility index (Phi) is 5.01. The van der Waals surface area contributed by atoms with Crippen LogP contribution in [0.2, 0.25) is 5.02 Å². The zero-order valence-corrected chi connectivity index (χ0v) is 13.1. The number of piperazine rings is 1. The first-order chi connectivity index (χ1) is 10.3. The van der Waals surface area contributed by atoms with Gasteiger partial charge in [-0.05, 0) is 42.5 Å². The number of nitrogens with one attached hydrogen (secondary N) is 1. The fraction of sp³-hybridized carbons (Fsp3) is 0.625. The number of benzene rings is 1. The van der Waals surface area contributed by atoms with Crippen molar-refractivity contribution in [1.29, 1.82) is 0 Å². The second-order valence-corrected chi connectivity index (χ2v) is 6.39. The Labute approximate surface area is 131 Å². The van der Waals surface area contributed by atoms with Gasteiger partial charge in [0.25, 0.3) is 0 Å². The van der Waals surface area contributed by atoms with Gasteiger partial charge in [-0.3, -0.25) is 4.90 Å². The molecule has 1 atom stereocenters. The maximum atomic E-state index is 6.27. The highest BCUT2D eigenvalue weighted by Crippen LogP contribution is 2.38. The van der Waals surface area contributed by atoms with Crippen molar-refractivity contribution in [2.24, 2.45) is 5.92 Å². The van der Waals surface area contributed by atoms with Crippen LogP contribution in [-0.4, -0.2) is 44.3 Å². The Bertz CT molecular complexity index is 453. The number of halogens is 1. The second kappa shape index (κ2) is 6.97. The zero-order valence-electron chi connectivity index (χ0n) is 12.4. The Balaban J connectivity index is 1.91. The van der Waals surface area contributed by atoms with Crippen molar-refractivity contribution < 1.29 is 4.74 Å². The molecule has 1 aromatic rings. The van der Waals surface area contributed by atoms with Gasteiger partial charge in [-0.2, -0.15) is 0 Å². The molecule has 1 aromatic carbocycles. The van der Waals surface area contributed by atoms with Crippen LogP contribution in [0, 0.1) is 5.92 Å². The average Bonchev–Trinajstić information content (AvgIpc) is 2.53. The smallest absolute Gasteiger partial charge is 0.0469 e. The van der Waals surface area contributed by atoms with Crippen LogP contribution in [0.3, 0.4) is 0 Å². The molecule has 0 radical (unpaired) electrons. The molecule has 2 saturated heterocycles. The van der Waals surface area contributed by atoms with E-state index in [0.717, 1.165) is 62.9 Å². The third-order valence-corrected chi connectivity index (χ3v) is 4.86. The fourth-order valence-electron chi connectivity index (χ4n) is 3.54. The average molecular weight is 310 g/mol. The zero-order chi connectivity index (χ0) is 14.7. The van der Waals surface area contributed by atoms with E-state index in [4.69, 9.17) is 22.1 Å². The first kappa shape index (κ1) is 15.1. The van der Waals surface area contributed by atoms with Crippen LogP contribution in [0.15, 0.2) is 18.2 Å². The second-order valence-electron chi connectivity index (χ2n) is 5.95. The van der Waals surface area contributed by atoms with Gasteiger partial charge in [-0.25, -0.2) is 0 Å². The van der Waals surface area contributed by atoms with Gasteiger partial charge in [-0.15, -0.1) is 0 Å². The maximum Gasteiger partial charge on any atom is 0.0469 e. The maximum absolute atomic E-state index is 6.27. The third-order valence-electron chi connectivity index (χ3n) is 4.62. The van der Waals surface area contributed by atoms with Crippen LogP contribution in [-0.2, 0) is 4.74 Å². The van der Waals surface area contributed by atoms with Gasteiger partial charge in [0.15, 0.2) is 0 Å². The van der Waals surface area contributed by atoms with E-state index in [1.54, 1.807) is 0 Å². The number of ether oxygens (including phenoxy) is 1. The molecule has 2 fully saturated rings. The summed E-state index contributed by atoms with van der Waals surface area (Å²) in [5.41, 5.74) is 8.32. The summed E-state index contributed by atoms with van der Waals surface area (Å²) in [4.78, 5) is 2.56. The van der Waals surface area contributed by atoms with Gasteiger partial charge in [0.05, 0.1) is 0 Å². The molecule has 3 rings (SSSR count). The summed E-state index contributed by atoms with van der Waals surface area (Å²) in [6, 6.07) is 6.22. The molecule has 0 aliphatic carbocycles. The summed E-state index contributed by atoms with van der Waals surface area (Å²) < 4.78 is 5.54. The minimum absolute atomic E-state index is 0.356. The highest BCUT2D eigenvalue weighted by molar-refractivity contribution is 6.30. The molecule has 4 nitrogen and oxygen atoms in total. The number of nitrogens with zero attached hydrogens (tertiary/aromatic N) is 1. The molecule has 0 aromatic heterocycles. The Morgan fingerprint density at radius 1 is 1.24 bits per heavy atom. The third kappa shape index (κ3) is 3.51. The van der Waals surface area contributed by atoms with E-state index in [1.165, 1.54) is 5.56 Å². The summed E-state index contributed by atoms with van der Waals surface area (Å²) in [6.07, 6.45) is 2.20. The molecule has 0 unspecified atom stereocenters. The van der Waals surface area contributed by atoms with Gasteiger partial charge in [0.1, 0.15) is 0 Å². The van der Waals surface area contributed by atoms with Crippen molar-refractivity contribution in [1.82, 2.24) is 10.2 Å². The molecule has 5 heteroatoms. The van der Waals surface area contributed by atoms with Crippen LogP contribution in [0.4, 0.5) is 5.69 Å². The monoisotopic (exact) mass is 309 g/mol. The van der Waals surface area contributed by atoms with E-state index in [-0.39, 0.29) is 0 Å². The van der Waals surface area contributed by atoms with E-state index in [0.29, 0.717) is 12.0 Å². The first-order valence-corrected chi connectivity index (χ1v) is 8.21. The summed E-state index contributed by atoms with van der Waals surface area (Å²) in [5.74, 6) is 0.595. The van der Waals surface area contributed by atoms with Crippen LogP contribution >= 0.6 is 11.6 Å². The van der Waals surface area contributed by atoms with Crippen molar-refractivity contribution >= 4 is 17.3 Å². The van der Waals surface area contributed by atoms with E-state index >= 15 is 0 Å². The van der Waals surface area contributed by atoms with Crippen molar-refractivity contribution in [3.8, 4) is 0 Å². The molecule has 116 valence electrons. The number of anilines is 1. The summed E-state index contributed by atoms with van der Waals surface area (Å²) in [7, 11) is 0. The molecule has 21 heavy (non-hydrogen) atoms. The predicted molar refractivity (Wildman–Crippen MR) is 86.6 cm³/mol. The number of rotatable bonds is 3. The molecule has 0 spiro atoms. The topological polar surface area (TPSA) is 50.5 Å². The molecule has 2 aliphatic rings. The standard InChI is InChI=1S/C16H24ClN3O/c17-13-1-2-15(18)14(11-13)16(12-3-9-21-10-4-12)20-7-5-19-6-8-20/h1-2,11-12,16,19H,3-10,18H2/t16-/m0/s1. The summed E-state index contributed by atoms with van der Waals surface area (Å²) in [6.45, 7) is 5.92. The minimum Gasteiger partial charge on any atom is -0.398 e. The quantitative estimate of drug-likeness (QED) is 0.841. The van der Waals surface area contributed by atoms with Gasteiger partial charge < -0.3 is 15.8 Å². The highest BCUT2D eigenvalue weighted by Gasteiger charge is 2.32. The van der Waals surface area contributed by atoms with Gasteiger partial charge in [0, 0.05) is 56.1 Å². The molecule has 2 heterocycles. The fourth-order valence-corrected chi connectivity index (χ4v) is 3.72. The Morgan fingerprint density at radius 3 is 2.67 bits per heavy atom. The van der Waals surface area contributed by atoms with Crippen LogP contribution in [0.25, 0.3) is 0 Å². The Hall–Kier alpha value is -0.810. The van der Waals surface area contributed by atoms with Crippen molar-refractivity contribution in [3.05, 3.63) is 28.8 Å². The number of nitrogen functional groups attached to an aromatic ring is 1. The number of nitrogens with two attached hydrogens (primary N) is 1. The van der Waals surface area contributed by atoms with Crippen LogP contribution < -0.4 is 11.1 Å². The van der Waals surface area contributed by atoms with Gasteiger partial charge >= 0.3 is 0 Å². The lowest BCUT2D eigenvalue weighted by molar-refractivity contribution is 0.0215. The first-order valence-electron chi connectivity index (χ1n) is 7.83. The van der Waals surface area contributed by atoms with Crippen molar-refractivity contribution in [2.75, 3.05) is 45.1 Å². The normalized spacial score (nSPS) is 23.1. The van der Waals surface area contributed by atoms with Crippen molar-refractivity contribution in [2.45, 2.75) is 18.9 Å². The van der Waals surface area contributed by atoms with E-state index in [2.05, 4.69) is 16.3 Å². The van der Waals surface area contributed by atoms with Gasteiger partial charge in [0.2, 0.25) is 0 Å². The number of hydrogen-bond acceptors (Lipinski definition) is 4. The predicted octanol–water partition coefficient (Wildman–Crippen LogP) is 2.30. The summed E-state index contributed by atoms with van der Waals surface area (Å²) in [5, 5.41) is 4.20. The molecule has 0 amide bonds. The molecular formula is C16H24ClN3O. The number of hydrogen-bond donors (Lipinski definition) is 2. The molecule has 2 aliphatic heterocycles.